The number of amides is 1. The molecule has 1 aromatic heterocycles. The molecular formula is C24H24F5N3O4. The zero-order valence-corrected chi connectivity index (χ0v) is 19.1. The van der Waals surface area contributed by atoms with Gasteiger partial charge in [-0.3, -0.25) is 4.79 Å². The highest BCUT2D eigenvalue weighted by molar-refractivity contribution is 6.03. The topological polar surface area (TPSA) is 76.8 Å². The summed E-state index contributed by atoms with van der Waals surface area (Å²) in [4.78, 5) is 18.5. The minimum atomic E-state index is -4.66. The van der Waals surface area contributed by atoms with E-state index in [1.54, 1.807) is 4.90 Å². The van der Waals surface area contributed by atoms with Crippen LogP contribution in [0.4, 0.5) is 33.7 Å². The third-order valence-electron chi connectivity index (χ3n) is 7.48. The molecule has 2 aliphatic carbocycles. The highest BCUT2D eigenvalue weighted by atomic mass is 19.4. The molecule has 7 nitrogen and oxygen atoms in total. The zero-order valence-electron chi connectivity index (χ0n) is 19.1. The molecule has 2 saturated heterocycles. The second-order valence-electron chi connectivity index (χ2n) is 10.1. The Kier molecular flexibility index (Phi) is 5.62. The fraction of sp³-hybridized carbons (Fsp3) is 0.583. The number of hydrogen-bond donors (Lipinski definition) is 1. The SMILES string of the molecule is O=C(Nc1cc(F)c(OC2CC3CC3C2)c(F)c1)c1nc(N2CC3CCOC3C2)oc1CC(F)(F)F. The molecule has 4 fully saturated rings. The van der Waals surface area contributed by atoms with Crippen LogP contribution in [0.3, 0.4) is 0 Å². The van der Waals surface area contributed by atoms with Crippen molar-refractivity contribution >= 4 is 17.6 Å². The lowest BCUT2D eigenvalue weighted by Crippen LogP contribution is -2.23. The van der Waals surface area contributed by atoms with Gasteiger partial charge >= 0.3 is 6.18 Å². The number of benzene rings is 1. The number of carbonyl (C=O) groups excluding carboxylic acids is 1. The minimum absolute atomic E-state index is 0.0676. The molecule has 12 heteroatoms. The largest absolute Gasteiger partial charge is 0.484 e. The molecule has 36 heavy (non-hydrogen) atoms. The molecule has 0 radical (unpaired) electrons. The van der Waals surface area contributed by atoms with Gasteiger partial charge in [0.05, 0.1) is 12.2 Å². The van der Waals surface area contributed by atoms with E-state index in [9.17, 15) is 26.7 Å². The van der Waals surface area contributed by atoms with Gasteiger partial charge in [-0.15, -0.1) is 0 Å². The molecule has 4 atom stereocenters. The van der Waals surface area contributed by atoms with Gasteiger partial charge in [0.15, 0.2) is 23.1 Å². The van der Waals surface area contributed by atoms with E-state index in [4.69, 9.17) is 13.9 Å². The van der Waals surface area contributed by atoms with Crippen molar-refractivity contribution in [1.82, 2.24) is 4.98 Å². The molecule has 3 heterocycles. The molecule has 4 aliphatic rings. The summed E-state index contributed by atoms with van der Waals surface area (Å²) in [6, 6.07) is 1.62. The molecule has 1 aromatic carbocycles. The third-order valence-corrected chi connectivity index (χ3v) is 7.48. The van der Waals surface area contributed by atoms with Gasteiger partial charge in [-0.05, 0) is 37.5 Å². The molecule has 2 aliphatic heterocycles. The van der Waals surface area contributed by atoms with E-state index in [2.05, 4.69) is 10.3 Å². The van der Waals surface area contributed by atoms with Crippen molar-refractivity contribution < 1.29 is 40.6 Å². The number of carbonyl (C=O) groups is 1. The predicted octanol–water partition coefficient (Wildman–Crippen LogP) is 4.71. The lowest BCUT2D eigenvalue weighted by molar-refractivity contribution is -0.130. The zero-order chi connectivity index (χ0) is 25.2. The van der Waals surface area contributed by atoms with Crippen LogP contribution in [0.1, 0.15) is 41.9 Å². The Morgan fingerprint density at radius 3 is 2.50 bits per heavy atom. The van der Waals surface area contributed by atoms with Gasteiger partial charge < -0.3 is 24.1 Å². The molecule has 2 saturated carbocycles. The first-order valence-electron chi connectivity index (χ1n) is 12.0. The summed E-state index contributed by atoms with van der Waals surface area (Å²) in [6.45, 7) is 1.50. The van der Waals surface area contributed by atoms with Gasteiger partial charge in [-0.25, -0.2) is 8.78 Å². The maximum atomic E-state index is 14.6. The van der Waals surface area contributed by atoms with E-state index >= 15 is 0 Å². The summed E-state index contributed by atoms with van der Waals surface area (Å²) in [5.41, 5.74) is -0.866. The van der Waals surface area contributed by atoms with E-state index < -0.39 is 47.3 Å². The van der Waals surface area contributed by atoms with Crippen LogP contribution >= 0.6 is 0 Å². The van der Waals surface area contributed by atoms with Crippen LogP contribution in [0, 0.1) is 29.4 Å². The van der Waals surface area contributed by atoms with Crippen LogP contribution in [-0.2, 0) is 11.2 Å². The number of oxazole rings is 1. The lowest BCUT2D eigenvalue weighted by atomic mass is 10.1. The Labute approximate surface area is 202 Å². The van der Waals surface area contributed by atoms with Crippen molar-refractivity contribution in [1.29, 1.82) is 0 Å². The normalized spacial score (nSPS) is 28.8. The van der Waals surface area contributed by atoms with Gasteiger partial charge in [0.25, 0.3) is 11.9 Å². The monoisotopic (exact) mass is 513 g/mol. The van der Waals surface area contributed by atoms with E-state index in [1.807, 2.05) is 0 Å². The summed E-state index contributed by atoms with van der Waals surface area (Å²) in [5, 5.41) is 2.24. The number of hydrogen-bond acceptors (Lipinski definition) is 6. The molecular weight excluding hydrogens is 489 g/mol. The second-order valence-corrected chi connectivity index (χ2v) is 10.1. The van der Waals surface area contributed by atoms with E-state index in [-0.39, 0.29) is 29.8 Å². The van der Waals surface area contributed by atoms with Gasteiger partial charge in [0.1, 0.15) is 12.2 Å². The first-order valence-corrected chi connectivity index (χ1v) is 12.0. The highest BCUT2D eigenvalue weighted by Gasteiger charge is 2.47. The molecule has 0 bridgehead atoms. The average molecular weight is 513 g/mol. The van der Waals surface area contributed by atoms with E-state index in [0.717, 1.165) is 37.8 Å². The van der Waals surface area contributed by atoms with E-state index in [0.29, 0.717) is 31.5 Å². The van der Waals surface area contributed by atoms with Gasteiger partial charge in [0.2, 0.25) is 0 Å². The van der Waals surface area contributed by atoms with Crippen molar-refractivity contribution in [2.75, 3.05) is 29.9 Å². The first-order chi connectivity index (χ1) is 17.1. The Hall–Kier alpha value is -2.89. The quantitative estimate of drug-likeness (QED) is 0.564. The van der Waals surface area contributed by atoms with Gasteiger partial charge in [-0.1, -0.05) is 0 Å². The Morgan fingerprint density at radius 2 is 1.83 bits per heavy atom. The van der Waals surface area contributed by atoms with Crippen molar-refractivity contribution in [3.05, 3.63) is 35.2 Å². The van der Waals surface area contributed by atoms with Crippen LogP contribution < -0.4 is 15.0 Å². The van der Waals surface area contributed by atoms with Crippen molar-refractivity contribution in [3.63, 3.8) is 0 Å². The molecule has 6 rings (SSSR count). The molecule has 194 valence electrons. The van der Waals surface area contributed by atoms with Crippen LogP contribution in [-0.4, -0.2) is 49.0 Å². The van der Waals surface area contributed by atoms with Crippen LogP contribution in [0.15, 0.2) is 16.5 Å². The summed E-state index contributed by atoms with van der Waals surface area (Å²) < 4.78 is 85.2. The van der Waals surface area contributed by atoms with Crippen LogP contribution in [0.2, 0.25) is 0 Å². The second kappa shape index (κ2) is 8.60. The Bertz CT molecular complexity index is 1140. The van der Waals surface area contributed by atoms with Crippen molar-refractivity contribution in [3.8, 4) is 5.75 Å². The number of nitrogens with one attached hydrogen (secondary N) is 1. The minimum Gasteiger partial charge on any atom is -0.484 e. The molecule has 2 aromatic rings. The number of nitrogens with zero attached hydrogens (tertiary/aromatic N) is 2. The maximum Gasteiger partial charge on any atom is 0.396 e. The summed E-state index contributed by atoms with van der Waals surface area (Å²) >= 11 is 0. The van der Waals surface area contributed by atoms with Crippen molar-refractivity contribution in [2.24, 2.45) is 17.8 Å². The predicted molar refractivity (Wildman–Crippen MR) is 116 cm³/mol. The number of alkyl halides is 3. The number of aromatic nitrogens is 1. The number of rotatable bonds is 6. The molecule has 1 N–H and O–H groups in total. The van der Waals surface area contributed by atoms with Gasteiger partial charge in [-0.2, -0.15) is 18.2 Å². The van der Waals surface area contributed by atoms with E-state index in [1.165, 1.54) is 0 Å². The van der Waals surface area contributed by atoms with Crippen LogP contribution in [0.25, 0.3) is 0 Å². The first kappa shape index (κ1) is 23.5. The summed E-state index contributed by atoms with van der Waals surface area (Å²) in [6.07, 6.45) is -3.04. The smallest absolute Gasteiger partial charge is 0.396 e. The Balaban J connectivity index is 1.20. The molecule has 4 unspecified atom stereocenters. The van der Waals surface area contributed by atoms with Crippen molar-refractivity contribution in [2.45, 2.75) is 50.5 Å². The summed E-state index contributed by atoms with van der Waals surface area (Å²) in [5.74, 6) is -2.95. The number of anilines is 2. The summed E-state index contributed by atoms with van der Waals surface area (Å²) in [7, 11) is 0. The fourth-order valence-electron chi connectivity index (χ4n) is 5.65. The third kappa shape index (κ3) is 4.62. The molecule has 0 spiro atoms. The molecule has 1 amide bonds. The lowest BCUT2D eigenvalue weighted by Gasteiger charge is -2.17. The maximum absolute atomic E-state index is 14.6. The number of halogens is 5. The highest BCUT2D eigenvalue weighted by Crippen LogP contribution is 2.52. The number of ether oxygens (including phenoxy) is 2. The fourth-order valence-corrected chi connectivity index (χ4v) is 5.65. The average Bonchev–Trinajstić information content (AvgIpc) is 3.22. The number of fused-ring (bicyclic) bond motifs is 2. The van der Waals surface area contributed by atoms with Gasteiger partial charge in [0, 0.05) is 43.4 Å². The van der Waals surface area contributed by atoms with Crippen LogP contribution in [0.5, 0.6) is 5.75 Å². The standard InChI is InChI=1S/C24H24F5N3O4/c25-16-6-14(7-17(26)21(16)35-15-4-12-3-13(12)5-15)30-22(33)20-18(8-24(27,28)29)36-23(31-20)32-9-11-1-2-34-19(11)10-32/h6-7,11-13,15,19H,1-5,8-10H2,(H,30,33). The Morgan fingerprint density at radius 1 is 1.11 bits per heavy atom.